The molecule has 3 atom stereocenters. The van der Waals surface area contributed by atoms with E-state index >= 15 is 0 Å². The molecule has 1 aromatic rings. The van der Waals surface area contributed by atoms with E-state index in [-0.39, 0.29) is 37.8 Å². The van der Waals surface area contributed by atoms with Crippen molar-refractivity contribution in [2.45, 2.75) is 51.2 Å². The Bertz CT molecular complexity index is 1030. The average molecular weight is 500 g/mol. The van der Waals surface area contributed by atoms with Crippen LogP contribution in [0.1, 0.15) is 32.3 Å². The van der Waals surface area contributed by atoms with Crippen molar-refractivity contribution in [3.63, 3.8) is 0 Å². The molecule has 188 valence electrons. The van der Waals surface area contributed by atoms with E-state index in [1.807, 2.05) is 13.8 Å². The van der Waals surface area contributed by atoms with Gasteiger partial charge < -0.3 is 15.4 Å². The van der Waals surface area contributed by atoms with Crippen LogP contribution in [0.3, 0.4) is 0 Å². The summed E-state index contributed by atoms with van der Waals surface area (Å²) < 4.78 is 40.8. The summed E-state index contributed by atoms with van der Waals surface area (Å²) in [6.45, 7) is 4.39. The number of fused-ring (bicyclic) bond motifs is 2. The van der Waals surface area contributed by atoms with Gasteiger partial charge in [-0.3, -0.25) is 25.0 Å². The Labute approximate surface area is 197 Å². The van der Waals surface area contributed by atoms with Gasteiger partial charge >= 0.3 is 16.4 Å². The first-order chi connectivity index (χ1) is 15.9. The summed E-state index contributed by atoms with van der Waals surface area (Å²) in [7, 11) is -4.88. The molecular weight excluding hydrogens is 470 g/mol. The number of nitrogens with two attached hydrogens (primary N) is 1. The molecule has 5 N–H and O–H groups in total. The summed E-state index contributed by atoms with van der Waals surface area (Å²) in [5.41, 5.74) is 11.3. The Morgan fingerprint density at radius 2 is 2.00 bits per heavy atom. The van der Waals surface area contributed by atoms with E-state index in [2.05, 4.69) is 15.1 Å². The summed E-state index contributed by atoms with van der Waals surface area (Å²) in [5.74, 6) is -0.274. The monoisotopic (exact) mass is 499 g/mol. The average Bonchev–Trinajstić information content (AvgIpc) is 2.99. The highest BCUT2D eigenvalue weighted by Gasteiger charge is 2.49. The highest BCUT2D eigenvalue weighted by Crippen LogP contribution is 2.30. The second-order valence-electron chi connectivity index (χ2n) is 8.59. The van der Waals surface area contributed by atoms with Gasteiger partial charge in [-0.05, 0) is 36.5 Å². The van der Waals surface area contributed by atoms with E-state index in [0.29, 0.717) is 23.0 Å². The molecule has 13 nitrogen and oxygen atoms in total. The molecular formula is C20H29N5O8S. The van der Waals surface area contributed by atoms with E-state index in [1.165, 1.54) is 0 Å². The molecule has 0 unspecified atom stereocenters. The number of hydrazine groups is 1. The van der Waals surface area contributed by atoms with Crippen LogP contribution >= 0.6 is 0 Å². The predicted octanol–water partition coefficient (Wildman–Crippen LogP) is -0.258. The molecule has 2 aliphatic rings. The van der Waals surface area contributed by atoms with Gasteiger partial charge in [-0.2, -0.15) is 13.5 Å². The third-order valence-electron chi connectivity index (χ3n) is 5.69. The Morgan fingerprint density at radius 1 is 1.26 bits per heavy atom. The molecule has 34 heavy (non-hydrogen) atoms. The van der Waals surface area contributed by atoms with Crippen molar-refractivity contribution >= 4 is 28.2 Å². The van der Waals surface area contributed by atoms with Gasteiger partial charge in [0.25, 0.3) is 5.91 Å². The zero-order valence-corrected chi connectivity index (χ0v) is 19.7. The molecule has 2 heterocycles. The number of hydroxylamine groups is 2. The summed E-state index contributed by atoms with van der Waals surface area (Å²) in [4.78, 5) is 38.4. The van der Waals surface area contributed by atoms with Crippen molar-refractivity contribution in [1.82, 2.24) is 20.8 Å². The maximum absolute atomic E-state index is 12.6. The first-order valence-electron chi connectivity index (χ1n) is 10.8. The van der Waals surface area contributed by atoms with Gasteiger partial charge in [-0.25, -0.2) is 4.79 Å². The van der Waals surface area contributed by atoms with Crippen molar-refractivity contribution in [3.8, 4) is 5.75 Å². The lowest BCUT2D eigenvalue weighted by atomic mass is 10.0. The number of hydrogen-bond donors (Lipinski definition) is 4. The Kier molecular flexibility index (Phi) is 7.97. The van der Waals surface area contributed by atoms with Gasteiger partial charge in [-0.15, -0.1) is 4.28 Å². The molecule has 4 amide bonds. The maximum atomic E-state index is 12.6. The highest BCUT2D eigenvalue weighted by molar-refractivity contribution is 7.80. The van der Waals surface area contributed by atoms with Gasteiger partial charge in [-0.1, -0.05) is 26.0 Å². The molecule has 0 aromatic heterocycles. The van der Waals surface area contributed by atoms with Crippen LogP contribution in [0.15, 0.2) is 24.3 Å². The SMILES string of the molecule is CC(C)[C@H](N)COc1cccc(CC(=O)NNC(=O)[C@@H]2CC[C@@H]3CN2C(=O)N3OS(=O)(=O)O)c1. The predicted molar refractivity (Wildman–Crippen MR) is 118 cm³/mol. The minimum Gasteiger partial charge on any atom is -0.492 e. The first-order valence-corrected chi connectivity index (χ1v) is 12.1. The number of carbonyl (C=O) groups is 3. The van der Waals surface area contributed by atoms with Crippen molar-refractivity contribution in [1.29, 1.82) is 0 Å². The van der Waals surface area contributed by atoms with Crippen molar-refractivity contribution < 1.29 is 36.4 Å². The fourth-order valence-corrected chi connectivity index (χ4v) is 4.07. The van der Waals surface area contributed by atoms with Gasteiger partial charge in [0.2, 0.25) is 5.91 Å². The van der Waals surface area contributed by atoms with Crippen LogP contribution < -0.4 is 21.3 Å². The molecule has 2 aliphatic heterocycles. The molecule has 0 spiro atoms. The van der Waals surface area contributed by atoms with Gasteiger partial charge in [0, 0.05) is 12.6 Å². The summed E-state index contributed by atoms with van der Waals surface area (Å²) in [5, 5.41) is 0.546. The van der Waals surface area contributed by atoms with E-state index in [0.717, 1.165) is 4.90 Å². The van der Waals surface area contributed by atoms with Crippen molar-refractivity contribution in [2.24, 2.45) is 11.7 Å². The Morgan fingerprint density at radius 3 is 2.68 bits per heavy atom. The van der Waals surface area contributed by atoms with E-state index in [4.69, 9.17) is 15.0 Å². The van der Waals surface area contributed by atoms with Crippen LogP contribution in [-0.2, 0) is 30.7 Å². The fraction of sp³-hybridized carbons (Fsp3) is 0.550. The third-order valence-corrected chi connectivity index (χ3v) is 6.04. The number of benzene rings is 1. The summed E-state index contributed by atoms with van der Waals surface area (Å²) in [6, 6.07) is 4.43. The minimum atomic E-state index is -4.88. The first kappa shape index (κ1) is 25.7. The van der Waals surface area contributed by atoms with E-state index < -0.39 is 40.3 Å². The number of hydrogen-bond acceptors (Lipinski definition) is 8. The van der Waals surface area contributed by atoms with Crippen LogP contribution in [-0.4, -0.2) is 72.1 Å². The smallest absolute Gasteiger partial charge is 0.418 e. The zero-order chi connectivity index (χ0) is 25.0. The molecule has 14 heteroatoms. The van der Waals surface area contributed by atoms with Crippen molar-refractivity contribution in [3.05, 3.63) is 29.8 Å². The molecule has 2 saturated heterocycles. The number of ether oxygens (including phenoxy) is 1. The van der Waals surface area contributed by atoms with Crippen molar-refractivity contribution in [2.75, 3.05) is 13.2 Å². The van der Waals surface area contributed by atoms with Crippen LogP contribution in [0.4, 0.5) is 4.79 Å². The molecule has 2 bridgehead atoms. The van der Waals surface area contributed by atoms with Crippen LogP contribution in [0.5, 0.6) is 5.75 Å². The van der Waals surface area contributed by atoms with Crippen LogP contribution in [0, 0.1) is 5.92 Å². The quantitative estimate of drug-likeness (QED) is 0.263. The number of carbonyl (C=O) groups excluding carboxylic acids is 3. The molecule has 1 aromatic carbocycles. The third kappa shape index (κ3) is 6.56. The highest BCUT2D eigenvalue weighted by atomic mass is 32.3. The number of nitrogens with zero attached hydrogens (tertiary/aromatic N) is 2. The minimum absolute atomic E-state index is 0.0287. The number of amides is 4. The van der Waals surface area contributed by atoms with E-state index in [1.54, 1.807) is 24.3 Å². The molecule has 0 saturated carbocycles. The largest absolute Gasteiger partial charge is 0.492 e. The molecule has 2 fully saturated rings. The lowest BCUT2D eigenvalue weighted by molar-refractivity contribution is -0.131. The van der Waals surface area contributed by atoms with Crippen LogP contribution in [0.25, 0.3) is 0 Å². The normalized spacial score (nSPS) is 20.9. The second-order valence-corrected chi connectivity index (χ2v) is 9.59. The van der Waals surface area contributed by atoms with Gasteiger partial charge in [0.05, 0.1) is 12.5 Å². The summed E-state index contributed by atoms with van der Waals surface area (Å²) in [6.07, 6.45) is 0.470. The second kappa shape index (κ2) is 10.5. The van der Waals surface area contributed by atoms with E-state index in [9.17, 15) is 22.8 Å². The molecule has 0 radical (unpaired) electrons. The lowest BCUT2D eigenvalue weighted by Crippen LogP contribution is -2.54. The number of rotatable bonds is 9. The van der Waals surface area contributed by atoms with Crippen LogP contribution in [0.2, 0.25) is 0 Å². The molecule has 0 aliphatic carbocycles. The topological polar surface area (TPSA) is 181 Å². The standard InChI is InChI=1S/C20H29N5O8S/c1-12(2)16(21)11-32-15-5-3-4-13(8-15)9-18(26)22-23-19(27)17-7-6-14-10-24(17)20(28)25(14)33-34(29,30)31/h3-5,8,12,14,16-17H,6-7,9-11,21H2,1-2H3,(H,22,26)(H,23,27)(H,29,30,31)/t14-,16-,17+/m1/s1. The van der Waals surface area contributed by atoms with Gasteiger partial charge in [0.1, 0.15) is 18.4 Å². The Balaban J connectivity index is 1.50. The lowest BCUT2D eigenvalue weighted by Gasteiger charge is -2.29. The Hall–Kier alpha value is -2.94. The number of nitrogens with one attached hydrogen (secondary N) is 2. The summed E-state index contributed by atoms with van der Waals surface area (Å²) >= 11 is 0. The number of urea groups is 1. The van der Waals surface area contributed by atoms with Gasteiger partial charge in [0.15, 0.2) is 0 Å². The zero-order valence-electron chi connectivity index (χ0n) is 18.8. The number of piperidine rings is 1. The maximum Gasteiger partial charge on any atom is 0.418 e. The fourth-order valence-electron chi connectivity index (χ4n) is 3.68. The molecule has 3 rings (SSSR count).